The fourth-order valence-corrected chi connectivity index (χ4v) is 4.18. The van der Waals surface area contributed by atoms with E-state index < -0.39 is 17.5 Å². The molecule has 0 saturated carbocycles. The molecule has 3 aromatic rings. The molecule has 1 aromatic carbocycles. The first-order valence-electron chi connectivity index (χ1n) is 8.88. The van der Waals surface area contributed by atoms with Crippen molar-refractivity contribution in [1.29, 1.82) is 0 Å². The second kappa shape index (κ2) is 7.20. The van der Waals surface area contributed by atoms with Crippen molar-refractivity contribution >= 4 is 39.8 Å². The molecular formula is C20H18FN3O3S. The van der Waals surface area contributed by atoms with Gasteiger partial charge in [-0.3, -0.25) is 14.4 Å². The SMILES string of the molecule is CC(=O)N1CCN(C(=O)C(=O)c2c[nH]c3c(-c4ccsc4)ccc(F)c23)CC1. The fourth-order valence-electron chi connectivity index (χ4n) is 3.53. The minimum Gasteiger partial charge on any atom is -0.360 e. The van der Waals surface area contributed by atoms with Crippen LogP contribution in [-0.4, -0.2) is 58.6 Å². The van der Waals surface area contributed by atoms with E-state index in [4.69, 9.17) is 0 Å². The number of Topliss-reactive ketones (excluding diaryl/α,β-unsaturated/α-hetero) is 1. The largest absolute Gasteiger partial charge is 0.360 e. The molecule has 1 saturated heterocycles. The van der Waals surface area contributed by atoms with Crippen LogP contribution in [-0.2, 0) is 9.59 Å². The van der Waals surface area contributed by atoms with Crippen LogP contribution in [0.1, 0.15) is 17.3 Å². The maximum atomic E-state index is 14.6. The number of piperazine rings is 1. The van der Waals surface area contributed by atoms with Gasteiger partial charge in [0.2, 0.25) is 5.91 Å². The number of hydrogen-bond donors (Lipinski definition) is 1. The molecule has 6 nitrogen and oxygen atoms in total. The molecule has 3 heterocycles. The van der Waals surface area contributed by atoms with Crippen LogP contribution in [0.2, 0.25) is 0 Å². The molecule has 0 aliphatic carbocycles. The number of carbonyl (C=O) groups excluding carboxylic acids is 3. The standard InChI is InChI=1S/C20H18FN3O3S/c1-12(25)23-5-7-24(8-6-23)20(27)19(26)15-10-22-18-14(13-4-9-28-11-13)2-3-16(21)17(15)18/h2-4,9-11,22H,5-8H2,1H3. The summed E-state index contributed by atoms with van der Waals surface area (Å²) >= 11 is 1.52. The van der Waals surface area contributed by atoms with Gasteiger partial charge < -0.3 is 14.8 Å². The Morgan fingerprint density at radius 3 is 2.43 bits per heavy atom. The van der Waals surface area contributed by atoms with E-state index in [1.807, 2.05) is 16.8 Å². The highest BCUT2D eigenvalue weighted by molar-refractivity contribution is 7.08. The van der Waals surface area contributed by atoms with Crippen molar-refractivity contribution in [3.05, 3.63) is 46.5 Å². The number of halogens is 1. The van der Waals surface area contributed by atoms with Gasteiger partial charge in [0.1, 0.15) is 5.82 Å². The Labute approximate surface area is 164 Å². The Hall–Kier alpha value is -3.00. The van der Waals surface area contributed by atoms with Crippen LogP contribution in [0, 0.1) is 5.82 Å². The maximum Gasteiger partial charge on any atom is 0.295 e. The molecule has 0 radical (unpaired) electrons. The lowest BCUT2D eigenvalue weighted by atomic mass is 10.0. The van der Waals surface area contributed by atoms with Crippen LogP contribution < -0.4 is 0 Å². The fraction of sp³-hybridized carbons (Fsp3) is 0.250. The molecule has 0 unspecified atom stereocenters. The van der Waals surface area contributed by atoms with Crippen LogP contribution in [0.3, 0.4) is 0 Å². The van der Waals surface area contributed by atoms with E-state index in [9.17, 15) is 18.8 Å². The number of hydrogen-bond acceptors (Lipinski definition) is 4. The first-order valence-corrected chi connectivity index (χ1v) is 9.83. The summed E-state index contributed by atoms with van der Waals surface area (Å²) in [5.74, 6) is -2.03. The zero-order chi connectivity index (χ0) is 19.8. The molecule has 0 spiro atoms. The van der Waals surface area contributed by atoms with Gasteiger partial charge in [-0.2, -0.15) is 11.3 Å². The van der Waals surface area contributed by atoms with E-state index in [0.717, 1.165) is 11.1 Å². The van der Waals surface area contributed by atoms with Gasteiger partial charge in [0.05, 0.1) is 11.1 Å². The summed E-state index contributed by atoms with van der Waals surface area (Å²) in [6.07, 6.45) is 1.40. The van der Waals surface area contributed by atoms with E-state index in [1.54, 1.807) is 11.0 Å². The number of rotatable bonds is 3. The number of nitrogens with one attached hydrogen (secondary N) is 1. The molecular weight excluding hydrogens is 381 g/mol. The van der Waals surface area contributed by atoms with Crippen molar-refractivity contribution in [3.8, 4) is 11.1 Å². The highest BCUT2D eigenvalue weighted by atomic mass is 32.1. The number of nitrogens with zero attached hydrogens (tertiary/aromatic N) is 2. The number of amides is 2. The van der Waals surface area contributed by atoms with Crippen molar-refractivity contribution < 1.29 is 18.8 Å². The minimum absolute atomic E-state index is 0.0311. The Balaban J connectivity index is 1.64. The molecule has 8 heteroatoms. The quantitative estimate of drug-likeness (QED) is 0.544. The lowest BCUT2D eigenvalue weighted by Gasteiger charge is -2.33. The van der Waals surface area contributed by atoms with Gasteiger partial charge in [0, 0.05) is 50.2 Å². The molecule has 1 N–H and O–H groups in total. The van der Waals surface area contributed by atoms with E-state index in [1.165, 1.54) is 35.4 Å². The number of thiophene rings is 1. The third-order valence-corrected chi connectivity index (χ3v) is 5.75. The number of benzene rings is 1. The van der Waals surface area contributed by atoms with Crippen LogP contribution >= 0.6 is 11.3 Å². The highest BCUT2D eigenvalue weighted by Gasteiger charge is 2.30. The molecule has 2 aromatic heterocycles. The summed E-state index contributed by atoms with van der Waals surface area (Å²) in [5.41, 5.74) is 2.22. The van der Waals surface area contributed by atoms with Crippen LogP contribution in [0.5, 0.6) is 0 Å². The van der Waals surface area contributed by atoms with E-state index in [-0.39, 0.29) is 29.9 Å². The molecule has 144 valence electrons. The molecule has 0 bridgehead atoms. The highest BCUT2D eigenvalue weighted by Crippen LogP contribution is 2.33. The minimum atomic E-state index is -0.746. The number of aromatic amines is 1. The Kier molecular flexibility index (Phi) is 4.72. The summed E-state index contributed by atoms with van der Waals surface area (Å²) in [6, 6.07) is 4.89. The second-order valence-corrected chi connectivity index (χ2v) is 7.47. The summed E-state index contributed by atoms with van der Waals surface area (Å²) in [7, 11) is 0. The Bertz CT molecular complexity index is 1070. The molecule has 4 rings (SSSR count). The maximum absolute atomic E-state index is 14.6. The van der Waals surface area contributed by atoms with Crippen molar-refractivity contribution in [3.63, 3.8) is 0 Å². The number of aromatic nitrogens is 1. The monoisotopic (exact) mass is 399 g/mol. The van der Waals surface area contributed by atoms with E-state index >= 15 is 0 Å². The van der Waals surface area contributed by atoms with Crippen molar-refractivity contribution in [2.75, 3.05) is 26.2 Å². The number of fused-ring (bicyclic) bond motifs is 1. The summed E-state index contributed by atoms with van der Waals surface area (Å²) in [4.78, 5) is 42.9. The molecule has 0 atom stereocenters. The van der Waals surface area contributed by atoms with Gasteiger partial charge in [-0.25, -0.2) is 4.39 Å². The third-order valence-electron chi connectivity index (χ3n) is 5.07. The van der Waals surface area contributed by atoms with Gasteiger partial charge in [-0.1, -0.05) is 0 Å². The van der Waals surface area contributed by atoms with Gasteiger partial charge in [0.15, 0.2) is 0 Å². The van der Waals surface area contributed by atoms with Gasteiger partial charge in [0.25, 0.3) is 11.7 Å². The lowest BCUT2D eigenvalue weighted by molar-refractivity contribution is -0.135. The molecule has 28 heavy (non-hydrogen) atoms. The molecule has 2 amide bonds. The van der Waals surface area contributed by atoms with Crippen molar-refractivity contribution in [1.82, 2.24) is 14.8 Å². The second-order valence-electron chi connectivity index (χ2n) is 6.69. The van der Waals surface area contributed by atoms with Gasteiger partial charge in [-0.15, -0.1) is 0 Å². The first-order chi connectivity index (χ1) is 13.5. The van der Waals surface area contributed by atoms with E-state index in [0.29, 0.717) is 18.6 Å². The normalized spacial score (nSPS) is 14.5. The molecule has 1 fully saturated rings. The van der Waals surface area contributed by atoms with Crippen LogP contribution in [0.25, 0.3) is 22.0 Å². The number of ketones is 1. The average Bonchev–Trinajstić information content (AvgIpc) is 3.38. The average molecular weight is 399 g/mol. The smallest absolute Gasteiger partial charge is 0.295 e. The first kappa shape index (κ1) is 18.4. The molecule has 1 aliphatic heterocycles. The van der Waals surface area contributed by atoms with Gasteiger partial charge >= 0.3 is 0 Å². The summed E-state index contributed by atoms with van der Waals surface area (Å²) < 4.78 is 14.6. The Morgan fingerprint density at radius 1 is 1.07 bits per heavy atom. The third kappa shape index (κ3) is 3.09. The summed E-state index contributed by atoms with van der Waals surface area (Å²) in [5, 5.41) is 3.99. The zero-order valence-electron chi connectivity index (χ0n) is 15.2. The lowest BCUT2D eigenvalue weighted by Crippen LogP contribution is -2.51. The zero-order valence-corrected chi connectivity index (χ0v) is 16.0. The topological polar surface area (TPSA) is 73.5 Å². The number of H-pyrrole nitrogens is 1. The number of carbonyl (C=O) groups is 3. The van der Waals surface area contributed by atoms with Gasteiger partial charge in [-0.05, 0) is 34.5 Å². The predicted octanol–water partition coefficient (Wildman–Crippen LogP) is 2.91. The van der Waals surface area contributed by atoms with Crippen molar-refractivity contribution in [2.24, 2.45) is 0 Å². The van der Waals surface area contributed by atoms with Crippen LogP contribution in [0.15, 0.2) is 35.2 Å². The molecule has 1 aliphatic rings. The summed E-state index contributed by atoms with van der Waals surface area (Å²) in [6.45, 7) is 2.82. The van der Waals surface area contributed by atoms with Crippen LogP contribution in [0.4, 0.5) is 4.39 Å². The van der Waals surface area contributed by atoms with Crippen molar-refractivity contribution in [2.45, 2.75) is 6.92 Å². The Morgan fingerprint density at radius 2 is 1.79 bits per heavy atom. The predicted molar refractivity (Wildman–Crippen MR) is 105 cm³/mol. The van der Waals surface area contributed by atoms with E-state index in [2.05, 4.69) is 4.98 Å².